The van der Waals surface area contributed by atoms with Crippen molar-refractivity contribution in [1.29, 1.82) is 0 Å². The van der Waals surface area contributed by atoms with Gasteiger partial charge in [-0.15, -0.1) is 6.58 Å². The molecule has 1 atom stereocenters. The molecule has 0 bridgehead atoms. The zero-order valence-electron chi connectivity index (χ0n) is 18.2. The Hall–Kier alpha value is -2.46. The molecule has 4 nitrogen and oxygen atoms in total. The zero-order chi connectivity index (χ0) is 21.8. The number of halogens is 1. The predicted octanol–water partition coefficient (Wildman–Crippen LogP) is 5.96. The highest BCUT2D eigenvalue weighted by molar-refractivity contribution is 6.30. The van der Waals surface area contributed by atoms with Gasteiger partial charge in [0.15, 0.2) is 0 Å². The number of nitrogens with zero attached hydrogens (tertiary/aromatic N) is 1. The SMILES string of the molecule is C=CCCCCN1C[C@@]2(CCCc3cc(Cl)ccc32)COc2ccc(C(=O)OC)cc21. The van der Waals surface area contributed by atoms with Crippen LogP contribution in [0.3, 0.4) is 0 Å². The Morgan fingerprint density at radius 2 is 2.16 bits per heavy atom. The molecule has 0 saturated heterocycles. The van der Waals surface area contributed by atoms with E-state index in [1.165, 1.54) is 18.2 Å². The number of unbranched alkanes of at least 4 members (excludes halogenated alkanes) is 2. The van der Waals surface area contributed by atoms with Crippen LogP contribution in [0, 0.1) is 0 Å². The van der Waals surface area contributed by atoms with Crippen molar-refractivity contribution in [3.63, 3.8) is 0 Å². The number of anilines is 1. The lowest BCUT2D eigenvalue weighted by atomic mass is 9.70. The standard InChI is InChI=1S/C26H30ClNO3/c1-3-4-5-6-14-28-17-26(13-7-8-19-15-21(27)10-11-22(19)26)18-31-24-12-9-20(16-23(24)28)25(29)30-2/h3,9-12,15-16H,1,4-8,13-14,17-18H2,2H3/t26-/m0/s1. The Labute approximate surface area is 189 Å². The first-order chi connectivity index (χ1) is 15.1. The highest BCUT2D eigenvalue weighted by atomic mass is 35.5. The normalized spacial score (nSPS) is 19.7. The molecule has 1 heterocycles. The van der Waals surface area contributed by atoms with Crippen LogP contribution in [0.4, 0.5) is 5.69 Å². The second kappa shape index (κ2) is 9.35. The fourth-order valence-electron chi connectivity index (χ4n) is 4.99. The molecule has 1 aliphatic heterocycles. The van der Waals surface area contributed by atoms with Gasteiger partial charge in [-0.2, -0.15) is 0 Å². The van der Waals surface area contributed by atoms with E-state index in [1.54, 1.807) is 6.07 Å². The highest BCUT2D eigenvalue weighted by Gasteiger charge is 2.41. The van der Waals surface area contributed by atoms with Crippen molar-refractivity contribution in [1.82, 2.24) is 0 Å². The quantitative estimate of drug-likeness (QED) is 0.316. The lowest BCUT2D eigenvalue weighted by molar-refractivity contribution is 0.0600. The number of hydrogen-bond donors (Lipinski definition) is 0. The maximum Gasteiger partial charge on any atom is 0.337 e. The number of carbonyl (C=O) groups is 1. The third kappa shape index (κ3) is 4.45. The third-order valence-electron chi connectivity index (χ3n) is 6.54. The summed E-state index contributed by atoms with van der Waals surface area (Å²) in [4.78, 5) is 14.6. The zero-order valence-corrected chi connectivity index (χ0v) is 18.9. The lowest BCUT2D eigenvalue weighted by Gasteiger charge is -2.41. The van der Waals surface area contributed by atoms with Crippen LogP contribution in [0.15, 0.2) is 49.1 Å². The number of esters is 1. The molecule has 0 saturated carbocycles. The van der Waals surface area contributed by atoms with Crippen LogP contribution in [-0.2, 0) is 16.6 Å². The number of rotatable bonds is 6. The third-order valence-corrected chi connectivity index (χ3v) is 6.78. The summed E-state index contributed by atoms with van der Waals surface area (Å²) >= 11 is 6.30. The molecule has 0 fully saturated rings. The number of allylic oxidation sites excluding steroid dienone is 1. The molecule has 31 heavy (non-hydrogen) atoms. The summed E-state index contributed by atoms with van der Waals surface area (Å²) in [7, 11) is 1.41. The second-order valence-electron chi connectivity index (χ2n) is 8.60. The molecule has 5 heteroatoms. The van der Waals surface area contributed by atoms with Gasteiger partial charge in [-0.25, -0.2) is 4.79 Å². The van der Waals surface area contributed by atoms with Crippen LogP contribution < -0.4 is 9.64 Å². The van der Waals surface area contributed by atoms with Gasteiger partial charge in [-0.3, -0.25) is 0 Å². The monoisotopic (exact) mass is 439 g/mol. The molecular formula is C26H30ClNO3. The molecule has 0 N–H and O–H groups in total. The Balaban J connectivity index is 1.72. The highest BCUT2D eigenvalue weighted by Crippen LogP contribution is 2.44. The summed E-state index contributed by atoms with van der Waals surface area (Å²) < 4.78 is 11.4. The molecule has 4 rings (SSSR count). The van der Waals surface area contributed by atoms with Crippen LogP contribution in [0.1, 0.15) is 53.6 Å². The molecule has 0 amide bonds. The van der Waals surface area contributed by atoms with Gasteiger partial charge in [0, 0.05) is 23.5 Å². The first-order valence-electron chi connectivity index (χ1n) is 11.1. The van der Waals surface area contributed by atoms with Gasteiger partial charge in [-0.05, 0) is 80.0 Å². The van der Waals surface area contributed by atoms with Crippen LogP contribution >= 0.6 is 11.6 Å². The van der Waals surface area contributed by atoms with E-state index in [0.717, 1.165) is 68.1 Å². The molecular weight excluding hydrogens is 410 g/mol. The molecule has 2 aromatic carbocycles. The van der Waals surface area contributed by atoms with Crippen LogP contribution in [0.5, 0.6) is 5.75 Å². The summed E-state index contributed by atoms with van der Waals surface area (Å²) in [6.45, 7) is 6.22. The number of fused-ring (bicyclic) bond motifs is 3. The van der Waals surface area contributed by atoms with Crippen molar-refractivity contribution in [3.05, 3.63) is 70.8 Å². The lowest BCUT2D eigenvalue weighted by Crippen LogP contribution is -2.46. The van der Waals surface area contributed by atoms with Crippen molar-refractivity contribution < 1.29 is 14.3 Å². The molecule has 0 unspecified atom stereocenters. The minimum atomic E-state index is -0.328. The Kier molecular flexibility index (Phi) is 6.57. The fraction of sp³-hybridized carbons (Fsp3) is 0.423. The molecule has 2 aliphatic rings. The summed E-state index contributed by atoms with van der Waals surface area (Å²) in [6.07, 6.45) is 8.36. The number of benzene rings is 2. The van der Waals surface area contributed by atoms with E-state index >= 15 is 0 Å². The summed E-state index contributed by atoms with van der Waals surface area (Å²) in [5.74, 6) is 0.500. The van der Waals surface area contributed by atoms with Crippen LogP contribution in [0.2, 0.25) is 5.02 Å². The van der Waals surface area contributed by atoms with Gasteiger partial charge >= 0.3 is 5.97 Å². The number of aryl methyl sites for hydroxylation is 1. The Morgan fingerprint density at radius 3 is 2.97 bits per heavy atom. The Morgan fingerprint density at radius 1 is 1.29 bits per heavy atom. The summed E-state index contributed by atoms with van der Waals surface area (Å²) in [6, 6.07) is 11.9. The molecule has 164 valence electrons. The summed E-state index contributed by atoms with van der Waals surface area (Å²) in [5.41, 5.74) is 4.10. The average Bonchev–Trinajstić information content (AvgIpc) is 2.93. The van der Waals surface area contributed by atoms with E-state index in [2.05, 4.69) is 23.6 Å². The molecule has 0 aromatic heterocycles. The topological polar surface area (TPSA) is 38.8 Å². The number of carbonyl (C=O) groups excluding carboxylic acids is 1. The number of methoxy groups -OCH3 is 1. The fourth-order valence-corrected chi connectivity index (χ4v) is 5.18. The smallest absolute Gasteiger partial charge is 0.337 e. The van der Waals surface area contributed by atoms with E-state index in [9.17, 15) is 4.79 Å². The van der Waals surface area contributed by atoms with Gasteiger partial charge in [0.1, 0.15) is 5.75 Å². The first-order valence-corrected chi connectivity index (χ1v) is 11.4. The van der Waals surface area contributed by atoms with Crippen molar-refractivity contribution in [3.8, 4) is 5.75 Å². The minimum Gasteiger partial charge on any atom is -0.490 e. The van der Waals surface area contributed by atoms with Crippen LogP contribution in [-0.4, -0.2) is 32.8 Å². The average molecular weight is 440 g/mol. The van der Waals surface area contributed by atoms with Crippen molar-refractivity contribution in [2.75, 3.05) is 31.7 Å². The number of hydrogen-bond acceptors (Lipinski definition) is 4. The van der Waals surface area contributed by atoms with E-state index in [4.69, 9.17) is 21.1 Å². The maximum absolute atomic E-state index is 12.2. The van der Waals surface area contributed by atoms with E-state index in [0.29, 0.717) is 12.2 Å². The second-order valence-corrected chi connectivity index (χ2v) is 9.04. The molecule has 0 radical (unpaired) electrons. The minimum absolute atomic E-state index is 0.0962. The molecule has 2 aromatic rings. The van der Waals surface area contributed by atoms with Gasteiger partial charge in [-0.1, -0.05) is 23.7 Å². The number of ether oxygens (including phenoxy) is 2. The van der Waals surface area contributed by atoms with E-state index < -0.39 is 0 Å². The van der Waals surface area contributed by atoms with E-state index in [1.807, 2.05) is 24.3 Å². The van der Waals surface area contributed by atoms with Gasteiger partial charge in [0.2, 0.25) is 0 Å². The Bertz CT molecular complexity index is 973. The first kappa shape index (κ1) is 21.8. The molecule has 1 spiro atoms. The van der Waals surface area contributed by atoms with Crippen molar-refractivity contribution in [2.24, 2.45) is 0 Å². The predicted molar refractivity (Wildman–Crippen MR) is 126 cm³/mol. The van der Waals surface area contributed by atoms with Crippen molar-refractivity contribution >= 4 is 23.3 Å². The summed E-state index contributed by atoms with van der Waals surface area (Å²) in [5, 5.41) is 0.789. The van der Waals surface area contributed by atoms with Gasteiger partial charge < -0.3 is 14.4 Å². The van der Waals surface area contributed by atoms with Crippen LogP contribution in [0.25, 0.3) is 0 Å². The largest absolute Gasteiger partial charge is 0.490 e. The van der Waals surface area contributed by atoms with Gasteiger partial charge in [0.25, 0.3) is 0 Å². The van der Waals surface area contributed by atoms with Crippen molar-refractivity contribution in [2.45, 2.75) is 43.9 Å². The van der Waals surface area contributed by atoms with Gasteiger partial charge in [0.05, 0.1) is 25.0 Å². The maximum atomic E-state index is 12.2. The van der Waals surface area contributed by atoms with E-state index in [-0.39, 0.29) is 11.4 Å². The molecule has 1 aliphatic carbocycles.